The molecule has 0 amide bonds. The first kappa shape index (κ1) is 13.4. The first-order valence-electron chi connectivity index (χ1n) is 7.66. The molecule has 1 heterocycles. The van der Waals surface area contributed by atoms with E-state index >= 15 is 0 Å². The van der Waals surface area contributed by atoms with Crippen molar-refractivity contribution in [1.82, 2.24) is 10.2 Å². The molecule has 1 saturated carbocycles. The van der Waals surface area contributed by atoms with E-state index < -0.39 is 0 Å². The van der Waals surface area contributed by atoms with Gasteiger partial charge in [-0.1, -0.05) is 33.1 Å². The van der Waals surface area contributed by atoms with Crippen LogP contribution in [0.5, 0.6) is 0 Å². The lowest BCUT2D eigenvalue weighted by Crippen LogP contribution is -2.58. The maximum absolute atomic E-state index is 3.73. The lowest BCUT2D eigenvalue weighted by atomic mass is 9.91. The van der Waals surface area contributed by atoms with E-state index in [-0.39, 0.29) is 0 Å². The Morgan fingerprint density at radius 2 is 1.88 bits per heavy atom. The first-order chi connectivity index (χ1) is 8.16. The minimum atomic E-state index is 0.730. The summed E-state index contributed by atoms with van der Waals surface area (Å²) in [5.41, 5.74) is 0. The Bertz CT molecular complexity index is 221. The fourth-order valence-corrected chi connectivity index (χ4v) is 3.60. The van der Waals surface area contributed by atoms with E-state index in [1.54, 1.807) is 0 Å². The van der Waals surface area contributed by atoms with E-state index in [0.29, 0.717) is 0 Å². The van der Waals surface area contributed by atoms with Gasteiger partial charge in [-0.3, -0.25) is 4.90 Å². The normalized spacial score (nSPS) is 33.2. The predicted molar refractivity (Wildman–Crippen MR) is 74.3 cm³/mol. The highest BCUT2D eigenvalue weighted by molar-refractivity contribution is 4.89. The molecule has 0 aromatic carbocycles. The van der Waals surface area contributed by atoms with Gasteiger partial charge in [-0.05, 0) is 32.1 Å². The van der Waals surface area contributed by atoms with Gasteiger partial charge in [0.2, 0.25) is 0 Å². The van der Waals surface area contributed by atoms with Crippen LogP contribution >= 0.6 is 0 Å². The van der Waals surface area contributed by atoms with Crippen molar-refractivity contribution in [3.05, 3.63) is 0 Å². The Hall–Kier alpha value is -0.0800. The Kier molecular flexibility index (Phi) is 4.87. The van der Waals surface area contributed by atoms with Crippen LogP contribution in [-0.2, 0) is 0 Å². The third-order valence-corrected chi connectivity index (χ3v) is 4.50. The highest BCUT2D eigenvalue weighted by atomic mass is 15.2. The summed E-state index contributed by atoms with van der Waals surface area (Å²) in [6, 6.07) is 2.35. The fraction of sp³-hybridized carbons (Fsp3) is 1.00. The van der Waals surface area contributed by atoms with Crippen molar-refractivity contribution in [2.45, 2.75) is 77.4 Å². The third kappa shape index (κ3) is 3.69. The van der Waals surface area contributed by atoms with E-state index in [1.165, 1.54) is 51.6 Å². The Morgan fingerprint density at radius 3 is 2.53 bits per heavy atom. The Morgan fingerprint density at radius 1 is 1.18 bits per heavy atom. The van der Waals surface area contributed by atoms with Crippen LogP contribution in [0.3, 0.4) is 0 Å². The molecular weight excluding hydrogens is 208 g/mol. The maximum Gasteiger partial charge on any atom is 0.0198 e. The number of rotatable bonds is 3. The van der Waals surface area contributed by atoms with Crippen LogP contribution in [0.15, 0.2) is 0 Å². The van der Waals surface area contributed by atoms with E-state index in [2.05, 4.69) is 31.0 Å². The van der Waals surface area contributed by atoms with Gasteiger partial charge >= 0.3 is 0 Å². The average molecular weight is 238 g/mol. The van der Waals surface area contributed by atoms with Crippen molar-refractivity contribution >= 4 is 0 Å². The molecule has 100 valence electrons. The molecule has 1 N–H and O–H groups in total. The SMILES string of the molecule is CC(C)CC1CN(C2CCCCC2)C(C)CN1. The zero-order valence-corrected chi connectivity index (χ0v) is 11.9. The van der Waals surface area contributed by atoms with Gasteiger partial charge in [-0.2, -0.15) is 0 Å². The van der Waals surface area contributed by atoms with Crippen LogP contribution in [0.2, 0.25) is 0 Å². The molecule has 2 heteroatoms. The third-order valence-electron chi connectivity index (χ3n) is 4.50. The molecule has 2 aliphatic rings. The Balaban J connectivity index is 1.89. The summed E-state index contributed by atoms with van der Waals surface area (Å²) in [6.07, 6.45) is 8.59. The quantitative estimate of drug-likeness (QED) is 0.813. The number of hydrogen-bond donors (Lipinski definition) is 1. The summed E-state index contributed by atoms with van der Waals surface area (Å²) >= 11 is 0. The second-order valence-corrected chi connectivity index (χ2v) is 6.57. The Labute approximate surface area is 107 Å². The summed E-state index contributed by atoms with van der Waals surface area (Å²) in [7, 11) is 0. The van der Waals surface area contributed by atoms with Crippen LogP contribution in [0.25, 0.3) is 0 Å². The van der Waals surface area contributed by atoms with Crippen LogP contribution in [-0.4, -0.2) is 36.1 Å². The lowest BCUT2D eigenvalue weighted by Gasteiger charge is -2.45. The van der Waals surface area contributed by atoms with Crippen molar-refractivity contribution in [2.24, 2.45) is 5.92 Å². The van der Waals surface area contributed by atoms with Crippen LogP contribution in [0.4, 0.5) is 0 Å². The van der Waals surface area contributed by atoms with Gasteiger partial charge in [-0.25, -0.2) is 0 Å². The molecular formula is C15H30N2. The monoisotopic (exact) mass is 238 g/mol. The molecule has 0 aromatic rings. The molecule has 1 saturated heterocycles. The van der Waals surface area contributed by atoms with Crippen LogP contribution in [0, 0.1) is 5.92 Å². The van der Waals surface area contributed by atoms with Crippen molar-refractivity contribution in [1.29, 1.82) is 0 Å². The highest BCUT2D eigenvalue weighted by Crippen LogP contribution is 2.26. The molecule has 0 spiro atoms. The van der Waals surface area contributed by atoms with Gasteiger partial charge in [0.05, 0.1) is 0 Å². The standard InChI is InChI=1S/C15H30N2/c1-12(2)9-14-11-17(13(3)10-16-14)15-7-5-4-6-8-15/h12-16H,4-11H2,1-3H3. The van der Waals surface area contributed by atoms with Gasteiger partial charge < -0.3 is 5.32 Å². The molecule has 2 rings (SSSR count). The number of hydrogen-bond acceptors (Lipinski definition) is 2. The van der Waals surface area contributed by atoms with Gasteiger partial charge in [0.25, 0.3) is 0 Å². The number of nitrogens with zero attached hydrogens (tertiary/aromatic N) is 1. The van der Waals surface area contributed by atoms with Gasteiger partial charge in [-0.15, -0.1) is 0 Å². The summed E-state index contributed by atoms with van der Waals surface area (Å²) in [5, 5.41) is 3.73. The zero-order valence-electron chi connectivity index (χ0n) is 11.9. The molecule has 2 unspecified atom stereocenters. The number of nitrogens with one attached hydrogen (secondary N) is 1. The molecule has 2 nitrogen and oxygen atoms in total. The molecule has 1 aliphatic heterocycles. The van der Waals surface area contributed by atoms with E-state index in [1.807, 2.05) is 0 Å². The largest absolute Gasteiger partial charge is 0.311 e. The minimum absolute atomic E-state index is 0.730. The average Bonchev–Trinajstić information content (AvgIpc) is 2.32. The lowest BCUT2D eigenvalue weighted by molar-refractivity contribution is 0.0654. The summed E-state index contributed by atoms with van der Waals surface area (Å²) in [5.74, 6) is 0.814. The molecule has 0 radical (unpaired) electrons. The molecule has 1 aliphatic carbocycles. The molecule has 0 aromatic heterocycles. The number of piperazine rings is 1. The fourth-order valence-electron chi connectivity index (χ4n) is 3.60. The van der Waals surface area contributed by atoms with E-state index in [9.17, 15) is 0 Å². The van der Waals surface area contributed by atoms with E-state index in [4.69, 9.17) is 0 Å². The maximum atomic E-state index is 3.73. The smallest absolute Gasteiger partial charge is 0.0198 e. The first-order valence-corrected chi connectivity index (χ1v) is 7.66. The summed E-state index contributed by atoms with van der Waals surface area (Å²) in [6.45, 7) is 9.54. The molecule has 2 fully saturated rings. The van der Waals surface area contributed by atoms with Gasteiger partial charge in [0, 0.05) is 31.2 Å². The molecule has 0 bridgehead atoms. The molecule has 17 heavy (non-hydrogen) atoms. The van der Waals surface area contributed by atoms with Crippen molar-refractivity contribution in [3.8, 4) is 0 Å². The predicted octanol–water partition coefficient (Wildman–Crippen LogP) is 3.03. The zero-order chi connectivity index (χ0) is 12.3. The second kappa shape index (κ2) is 6.19. The van der Waals surface area contributed by atoms with Crippen molar-refractivity contribution in [3.63, 3.8) is 0 Å². The van der Waals surface area contributed by atoms with Crippen molar-refractivity contribution in [2.75, 3.05) is 13.1 Å². The minimum Gasteiger partial charge on any atom is -0.311 e. The molecule has 2 atom stereocenters. The van der Waals surface area contributed by atoms with Gasteiger partial charge in [0.1, 0.15) is 0 Å². The topological polar surface area (TPSA) is 15.3 Å². The highest BCUT2D eigenvalue weighted by Gasteiger charge is 2.31. The van der Waals surface area contributed by atoms with Gasteiger partial charge in [0.15, 0.2) is 0 Å². The summed E-state index contributed by atoms with van der Waals surface area (Å²) < 4.78 is 0. The second-order valence-electron chi connectivity index (χ2n) is 6.57. The summed E-state index contributed by atoms with van der Waals surface area (Å²) in [4.78, 5) is 2.81. The van der Waals surface area contributed by atoms with Crippen LogP contribution in [0.1, 0.15) is 59.3 Å². The van der Waals surface area contributed by atoms with Crippen molar-refractivity contribution < 1.29 is 0 Å². The van der Waals surface area contributed by atoms with Crippen LogP contribution < -0.4 is 5.32 Å². The van der Waals surface area contributed by atoms with E-state index in [0.717, 1.165) is 24.0 Å².